The van der Waals surface area contributed by atoms with Gasteiger partial charge in [-0.05, 0) is 31.7 Å². The highest BCUT2D eigenvalue weighted by molar-refractivity contribution is 5.74. The molecular formula is C10H17NO2. The molecule has 2 fully saturated rings. The Balaban J connectivity index is 2.13. The van der Waals surface area contributed by atoms with E-state index in [-0.39, 0.29) is 6.04 Å². The minimum absolute atomic E-state index is 0.203. The lowest BCUT2D eigenvalue weighted by Crippen LogP contribution is -2.37. The number of aliphatic carboxylic acids is 1. The highest BCUT2D eigenvalue weighted by atomic mass is 16.4. The van der Waals surface area contributed by atoms with Gasteiger partial charge in [-0.2, -0.15) is 0 Å². The van der Waals surface area contributed by atoms with Crippen LogP contribution in [0.5, 0.6) is 0 Å². The predicted molar refractivity (Wildman–Crippen MR) is 49.5 cm³/mol. The van der Waals surface area contributed by atoms with Crippen molar-refractivity contribution in [2.24, 2.45) is 11.8 Å². The Morgan fingerprint density at radius 3 is 2.77 bits per heavy atom. The molecule has 1 heterocycles. The molecule has 3 nitrogen and oxygen atoms in total. The Kier molecular flexibility index (Phi) is 2.28. The van der Waals surface area contributed by atoms with E-state index in [0.717, 1.165) is 13.0 Å². The van der Waals surface area contributed by atoms with E-state index in [1.807, 2.05) is 11.9 Å². The smallest absolute Gasteiger partial charge is 0.321 e. The van der Waals surface area contributed by atoms with E-state index >= 15 is 0 Å². The summed E-state index contributed by atoms with van der Waals surface area (Å²) in [7, 11) is 1.94. The van der Waals surface area contributed by atoms with Gasteiger partial charge in [0, 0.05) is 6.54 Å². The summed E-state index contributed by atoms with van der Waals surface area (Å²) in [5.41, 5.74) is 0. The van der Waals surface area contributed by atoms with E-state index in [1.165, 1.54) is 19.3 Å². The van der Waals surface area contributed by atoms with Crippen molar-refractivity contribution in [3.05, 3.63) is 0 Å². The quantitative estimate of drug-likeness (QED) is 0.664. The number of likely N-dealkylation sites (tertiary alicyclic amines) is 1. The molecular weight excluding hydrogens is 166 g/mol. The standard InChI is InChI=1S/C10H17NO2/c1-11-6-7-4-2-3-5-8(7)9(11)10(12)13/h7-9H,2-6H2,1H3,(H,12,13)/t7-,8+,9+/m0/s1. The molecule has 3 atom stereocenters. The maximum Gasteiger partial charge on any atom is 0.321 e. The molecule has 3 heteroatoms. The average Bonchev–Trinajstić information content (AvgIpc) is 2.39. The third-order valence-corrected chi connectivity index (χ3v) is 3.62. The number of nitrogens with zero attached hydrogens (tertiary/aromatic N) is 1. The lowest BCUT2D eigenvalue weighted by molar-refractivity contribution is -0.143. The van der Waals surface area contributed by atoms with Crippen LogP contribution in [0.4, 0.5) is 0 Å². The first-order valence-corrected chi connectivity index (χ1v) is 5.13. The Labute approximate surface area is 78.7 Å². The number of carboxylic acids is 1. The van der Waals surface area contributed by atoms with Crippen LogP contribution in [0.3, 0.4) is 0 Å². The first-order valence-electron chi connectivity index (χ1n) is 5.13. The monoisotopic (exact) mass is 183 g/mol. The van der Waals surface area contributed by atoms with Crippen molar-refractivity contribution in [3.8, 4) is 0 Å². The van der Waals surface area contributed by atoms with E-state index in [0.29, 0.717) is 11.8 Å². The van der Waals surface area contributed by atoms with Crippen molar-refractivity contribution in [2.45, 2.75) is 31.7 Å². The van der Waals surface area contributed by atoms with Crippen molar-refractivity contribution in [2.75, 3.05) is 13.6 Å². The molecule has 13 heavy (non-hydrogen) atoms. The van der Waals surface area contributed by atoms with E-state index in [2.05, 4.69) is 0 Å². The first kappa shape index (κ1) is 9.00. The summed E-state index contributed by atoms with van der Waals surface area (Å²) in [6.07, 6.45) is 4.87. The summed E-state index contributed by atoms with van der Waals surface area (Å²) in [6.45, 7) is 0.988. The Bertz CT molecular complexity index is 217. The summed E-state index contributed by atoms with van der Waals surface area (Å²) >= 11 is 0. The number of carbonyl (C=O) groups is 1. The Hall–Kier alpha value is -0.570. The van der Waals surface area contributed by atoms with Gasteiger partial charge in [-0.3, -0.25) is 9.69 Å². The zero-order valence-electron chi connectivity index (χ0n) is 8.07. The second-order valence-corrected chi connectivity index (χ2v) is 4.43. The molecule has 0 unspecified atom stereocenters. The van der Waals surface area contributed by atoms with Crippen molar-refractivity contribution in [3.63, 3.8) is 0 Å². The molecule has 1 aliphatic heterocycles. The third-order valence-electron chi connectivity index (χ3n) is 3.62. The number of hydrogen-bond donors (Lipinski definition) is 1. The van der Waals surface area contributed by atoms with Gasteiger partial charge in [0.05, 0.1) is 0 Å². The zero-order valence-corrected chi connectivity index (χ0v) is 8.07. The maximum atomic E-state index is 11.0. The van der Waals surface area contributed by atoms with E-state index in [4.69, 9.17) is 5.11 Å². The van der Waals surface area contributed by atoms with Gasteiger partial charge in [0.2, 0.25) is 0 Å². The third kappa shape index (κ3) is 1.46. The van der Waals surface area contributed by atoms with Crippen molar-refractivity contribution in [1.29, 1.82) is 0 Å². The van der Waals surface area contributed by atoms with Gasteiger partial charge < -0.3 is 5.11 Å². The molecule has 74 valence electrons. The van der Waals surface area contributed by atoms with Crippen LogP contribution in [0.15, 0.2) is 0 Å². The van der Waals surface area contributed by atoms with Gasteiger partial charge in [0.1, 0.15) is 6.04 Å². The summed E-state index contributed by atoms with van der Waals surface area (Å²) in [5.74, 6) is 0.452. The summed E-state index contributed by atoms with van der Waals surface area (Å²) < 4.78 is 0. The molecule has 1 N–H and O–H groups in total. The minimum Gasteiger partial charge on any atom is -0.480 e. The number of fused-ring (bicyclic) bond motifs is 1. The van der Waals surface area contributed by atoms with Crippen LogP contribution in [-0.2, 0) is 4.79 Å². The molecule has 0 radical (unpaired) electrons. The largest absolute Gasteiger partial charge is 0.480 e. The molecule has 2 aliphatic rings. The minimum atomic E-state index is -0.628. The van der Waals surface area contributed by atoms with Crippen LogP contribution in [-0.4, -0.2) is 35.6 Å². The van der Waals surface area contributed by atoms with Crippen LogP contribution < -0.4 is 0 Å². The van der Waals surface area contributed by atoms with E-state index in [9.17, 15) is 4.79 Å². The summed E-state index contributed by atoms with van der Waals surface area (Å²) in [4.78, 5) is 13.0. The molecule has 1 aliphatic carbocycles. The van der Waals surface area contributed by atoms with Gasteiger partial charge in [-0.25, -0.2) is 0 Å². The fourth-order valence-corrected chi connectivity index (χ4v) is 3.06. The van der Waals surface area contributed by atoms with Crippen molar-refractivity contribution >= 4 is 5.97 Å². The number of hydrogen-bond acceptors (Lipinski definition) is 2. The topological polar surface area (TPSA) is 40.5 Å². The number of carboxylic acid groups (broad SMARTS) is 1. The van der Waals surface area contributed by atoms with Gasteiger partial charge >= 0.3 is 5.97 Å². The molecule has 0 aromatic heterocycles. The van der Waals surface area contributed by atoms with Gasteiger partial charge in [-0.1, -0.05) is 12.8 Å². The highest BCUT2D eigenvalue weighted by Gasteiger charge is 2.44. The van der Waals surface area contributed by atoms with E-state index in [1.54, 1.807) is 0 Å². The molecule has 1 saturated carbocycles. The molecule has 0 aromatic rings. The molecule has 2 rings (SSSR count). The molecule has 0 spiro atoms. The summed E-state index contributed by atoms with van der Waals surface area (Å²) in [5, 5.41) is 9.08. The molecule has 0 amide bonds. The van der Waals surface area contributed by atoms with Crippen molar-refractivity contribution < 1.29 is 9.90 Å². The lowest BCUT2D eigenvalue weighted by atomic mass is 9.78. The van der Waals surface area contributed by atoms with Crippen LogP contribution in [0.25, 0.3) is 0 Å². The molecule has 1 saturated heterocycles. The average molecular weight is 183 g/mol. The number of rotatable bonds is 1. The lowest BCUT2D eigenvalue weighted by Gasteiger charge is -2.26. The van der Waals surface area contributed by atoms with Crippen LogP contribution >= 0.6 is 0 Å². The Morgan fingerprint density at radius 1 is 1.38 bits per heavy atom. The van der Waals surface area contributed by atoms with Gasteiger partial charge in [-0.15, -0.1) is 0 Å². The molecule has 0 bridgehead atoms. The molecule has 0 aromatic carbocycles. The highest BCUT2D eigenvalue weighted by Crippen LogP contribution is 2.39. The van der Waals surface area contributed by atoms with Gasteiger partial charge in [0.15, 0.2) is 0 Å². The van der Waals surface area contributed by atoms with Crippen molar-refractivity contribution in [1.82, 2.24) is 4.90 Å². The van der Waals surface area contributed by atoms with Crippen LogP contribution in [0, 0.1) is 11.8 Å². The SMILES string of the molecule is CN1C[C@@H]2CCCC[C@H]2[C@@H]1C(=O)O. The maximum absolute atomic E-state index is 11.0. The van der Waals surface area contributed by atoms with Crippen LogP contribution in [0.1, 0.15) is 25.7 Å². The van der Waals surface area contributed by atoms with E-state index < -0.39 is 5.97 Å². The predicted octanol–water partition coefficient (Wildman–Crippen LogP) is 1.19. The van der Waals surface area contributed by atoms with Crippen LogP contribution in [0.2, 0.25) is 0 Å². The normalized spacial score (nSPS) is 40.2. The van der Waals surface area contributed by atoms with Gasteiger partial charge in [0.25, 0.3) is 0 Å². The summed E-state index contributed by atoms with van der Waals surface area (Å²) in [6, 6.07) is -0.203. The zero-order chi connectivity index (χ0) is 9.42. The second-order valence-electron chi connectivity index (χ2n) is 4.43. The second kappa shape index (κ2) is 3.29. The number of likely N-dealkylation sites (N-methyl/N-ethyl adjacent to an activating group) is 1. The Morgan fingerprint density at radius 2 is 2.08 bits per heavy atom. The fourth-order valence-electron chi connectivity index (χ4n) is 3.06. The first-order chi connectivity index (χ1) is 6.20. The fraction of sp³-hybridized carbons (Fsp3) is 0.900.